The van der Waals surface area contributed by atoms with Crippen LogP contribution >= 0.6 is 0 Å². The lowest BCUT2D eigenvalue weighted by molar-refractivity contribution is -0.148. The van der Waals surface area contributed by atoms with Crippen LogP contribution < -0.4 is 9.47 Å². The highest BCUT2D eigenvalue weighted by molar-refractivity contribution is 5.72. The van der Waals surface area contributed by atoms with Crippen LogP contribution in [-0.2, 0) is 16.0 Å². The van der Waals surface area contributed by atoms with Crippen LogP contribution in [0.1, 0.15) is 11.1 Å². The summed E-state index contributed by atoms with van der Waals surface area (Å²) in [6, 6.07) is 24.5. The number of benzene rings is 3. The maximum absolute atomic E-state index is 11.1. The summed E-state index contributed by atoms with van der Waals surface area (Å²) in [5, 5.41) is 7.16. The second-order valence-corrected chi connectivity index (χ2v) is 6.47. The number of methoxy groups -OCH3 is 1. The van der Waals surface area contributed by atoms with Crippen molar-refractivity contribution in [2.24, 2.45) is 0 Å². The van der Waals surface area contributed by atoms with Gasteiger partial charge >= 0.3 is 5.97 Å². The van der Waals surface area contributed by atoms with E-state index in [9.17, 15) is 4.79 Å². The minimum atomic E-state index is -0.736. The molecule has 1 atom stereocenters. The van der Waals surface area contributed by atoms with Crippen LogP contribution in [0.4, 0.5) is 0 Å². The Kier molecular flexibility index (Phi) is 7.48. The van der Waals surface area contributed by atoms with Crippen molar-refractivity contribution in [3.63, 3.8) is 0 Å². The summed E-state index contributed by atoms with van der Waals surface area (Å²) in [4.78, 5) is 11.1. The number of para-hydroxylation sites is 1. The second-order valence-electron chi connectivity index (χ2n) is 6.47. The van der Waals surface area contributed by atoms with Crippen LogP contribution in [0.2, 0.25) is 0 Å². The Bertz CT molecular complexity index is 999. The first kappa shape index (κ1) is 21.0. The molecule has 0 aliphatic heterocycles. The van der Waals surface area contributed by atoms with E-state index in [1.807, 2.05) is 78.9 Å². The highest BCUT2D eigenvalue weighted by Gasteiger charge is 2.24. The van der Waals surface area contributed by atoms with E-state index in [0.29, 0.717) is 12.2 Å². The van der Waals surface area contributed by atoms with Crippen LogP contribution in [0.25, 0.3) is 0 Å². The molecule has 152 valence electrons. The molecule has 0 aliphatic rings. The first-order valence-electron chi connectivity index (χ1n) is 9.46. The van der Waals surface area contributed by atoms with E-state index in [2.05, 4.69) is 11.8 Å². The molecule has 0 aromatic heterocycles. The standard InChI is InChI=1S/C25H22O5/c1-28-24(25(26)27)18-20-11-9-19(10-12-20)6-5-17-29-21-13-15-23(16-14-21)30-22-7-3-2-4-8-22/h2-4,7-16,24H,17-18H2,1H3,(H,26,27)/p+1/t24-/m0/s1. The highest BCUT2D eigenvalue weighted by Crippen LogP contribution is 2.23. The van der Waals surface area contributed by atoms with Crippen molar-refractivity contribution >= 4 is 5.97 Å². The molecule has 0 unspecified atom stereocenters. The molecule has 0 fully saturated rings. The van der Waals surface area contributed by atoms with Crippen molar-refractivity contribution in [1.82, 2.24) is 0 Å². The van der Waals surface area contributed by atoms with Gasteiger partial charge in [-0.1, -0.05) is 42.2 Å². The van der Waals surface area contributed by atoms with E-state index in [1.165, 1.54) is 7.11 Å². The maximum atomic E-state index is 11.1. The predicted octanol–water partition coefficient (Wildman–Crippen LogP) is 3.72. The zero-order chi connectivity index (χ0) is 21.2. The Morgan fingerprint density at radius 1 is 0.900 bits per heavy atom. The van der Waals surface area contributed by atoms with Crippen molar-refractivity contribution in [2.75, 3.05) is 13.7 Å². The first-order valence-corrected chi connectivity index (χ1v) is 9.46. The number of rotatable bonds is 8. The minimum Gasteiger partial charge on any atom is -0.563 e. The largest absolute Gasteiger partial charge is 0.563 e. The molecule has 0 heterocycles. The summed E-state index contributed by atoms with van der Waals surface area (Å²) in [5.74, 6) is 7.54. The van der Waals surface area contributed by atoms with E-state index in [4.69, 9.17) is 19.3 Å². The van der Waals surface area contributed by atoms with Gasteiger partial charge in [-0.25, -0.2) is 0 Å². The van der Waals surface area contributed by atoms with Gasteiger partial charge in [0.25, 0.3) is 0 Å². The lowest BCUT2D eigenvalue weighted by atomic mass is 10.1. The number of hydrogen-bond acceptors (Lipinski definition) is 4. The van der Waals surface area contributed by atoms with Gasteiger partial charge in [-0.3, -0.25) is 0 Å². The van der Waals surface area contributed by atoms with Crippen LogP contribution in [0.5, 0.6) is 17.2 Å². The third kappa shape index (κ3) is 6.40. The fourth-order valence-electron chi connectivity index (χ4n) is 2.71. The number of carbonyl (C=O) groups is 1. The van der Waals surface area contributed by atoms with Crippen LogP contribution in [-0.4, -0.2) is 30.9 Å². The Balaban J connectivity index is 1.48. The monoisotopic (exact) mass is 403 g/mol. The molecule has 0 saturated carbocycles. The number of hydrogen-bond donors (Lipinski definition) is 0. The Hall–Kier alpha value is -3.75. The molecule has 30 heavy (non-hydrogen) atoms. The van der Waals surface area contributed by atoms with E-state index in [0.717, 1.165) is 22.6 Å². The van der Waals surface area contributed by atoms with Crippen molar-refractivity contribution in [3.8, 4) is 29.1 Å². The summed E-state index contributed by atoms with van der Waals surface area (Å²) < 4.78 is 16.4. The molecule has 0 amide bonds. The van der Waals surface area contributed by atoms with Crippen LogP contribution in [0.3, 0.4) is 0 Å². The van der Waals surface area contributed by atoms with E-state index in [1.54, 1.807) is 0 Å². The van der Waals surface area contributed by atoms with E-state index < -0.39 is 12.1 Å². The van der Waals surface area contributed by atoms with Gasteiger partial charge in [0.1, 0.15) is 23.9 Å². The average Bonchev–Trinajstić information content (AvgIpc) is 2.77. The zero-order valence-electron chi connectivity index (χ0n) is 16.6. The SMILES string of the molecule is CO[C@@H](Cc1ccc(C#CCOc2ccc(Oc3ccccc3)cc2)cc1)C(=O)[OH2+]. The second kappa shape index (κ2) is 10.7. The summed E-state index contributed by atoms with van der Waals surface area (Å²) in [6.45, 7) is 0.264. The Labute approximate surface area is 175 Å². The quantitative estimate of drug-likeness (QED) is 0.425. The molecule has 0 saturated heterocycles. The van der Waals surface area contributed by atoms with Gasteiger partial charge in [0, 0.05) is 23.9 Å². The normalized spacial score (nSPS) is 11.1. The van der Waals surface area contributed by atoms with Gasteiger partial charge in [-0.15, -0.1) is 0 Å². The molecule has 0 bridgehead atoms. The third-order valence-electron chi connectivity index (χ3n) is 4.30. The van der Waals surface area contributed by atoms with Crippen molar-refractivity contribution < 1.29 is 24.1 Å². The third-order valence-corrected chi connectivity index (χ3v) is 4.30. The topological polar surface area (TPSA) is 67.7 Å². The molecule has 0 spiro atoms. The van der Waals surface area contributed by atoms with Gasteiger partial charge < -0.3 is 19.3 Å². The molecular formula is C25H23O5+. The van der Waals surface area contributed by atoms with Crippen molar-refractivity contribution in [3.05, 3.63) is 90.0 Å². The molecule has 0 radical (unpaired) electrons. The van der Waals surface area contributed by atoms with E-state index in [-0.39, 0.29) is 6.61 Å². The fourth-order valence-corrected chi connectivity index (χ4v) is 2.71. The van der Waals surface area contributed by atoms with Gasteiger partial charge in [0.05, 0.1) is 0 Å². The Morgan fingerprint density at radius 2 is 1.53 bits per heavy atom. The molecule has 3 rings (SSSR count). The number of ether oxygens (including phenoxy) is 3. The molecular weight excluding hydrogens is 380 g/mol. The molecule has 3 aromatic rings. The molecule has 3 aromatic carbocycles. The molecule has 0 aliphatic carbocycles. The predicted molar refractivity (Wildman–Crippen MR) is 115 cm³/mol. The van der Waals surface area contributed by atoms with Gasteiger partial charge in [-0.05, 0) is 54.1 Å². The highest BCUT2D eigenvalue weighted by atomic mass is 16.5. The average molecular weight is 403 g/mol. The van der Waals surface area contributed by atoms with Crippen molar-refractivity contribution in [1.29, 1.82) is 0 Å². The summed E-state index contributed by atoms with van der Waals surface area (Å²) in [5.41, 5.74) is 1.77. The zero-order valence-corrected chi connectivity index (χ0v) is 16.6. The lowest BCUT2D eigenvalue weighted by Crippen LogP contribution is -2.24. The summed E-state index contributed by atoms with van der Waals surface area (Å²) in [7, 11) is 1.43. The van der Waals surface area contributed by atoms with Gasteiger partial charge in [0.2, 0.25) is 6.10 Å². The fraction of sp³-hybridized carbons (Fsp3) is 0.160. The smallest absolute Gasteiger partial charge is 0.545 e. The van der Waals surface area contributed by atoms with E-state index >= 15 is 0 Å². The van der Waals surface area contributed by atoms with Gasteiger partial charge in [0.15, 0.2) is 0 Å². The summed E-state index contributed by atoms with van der Waals surface area (Å²) >= 11 is 0. The summed E-state index contributed by atoms with van der Waals surface area (Å²) in [6.07, 6.45) is -0.362. The van der Waals surface area contributed by atoms with Crippen LogP contribution in [0, 0.1) is 11.8 Å². The van der Waals surface area contributed by atoms with Crippen molar-refractivity contribution in [2.45, 2.75) is 12.5 Å². The van der Waals surface area contributed by atoms with Gasteiger partial charge in [-0.2, -0.15) is 0 Å². The number of carbonyl (C=O) groups excluding carboxylic acids is 1. The maximum Gasteiger partial charge on any atom is 0.545 e. The Morgan fingerprint density at radius 3 is 2.17 bits per heavy atom. The molecule has 5 nitrogen and oxygen atoms in total. The first-order chi connectivity index (χ1) is 14.6. The molecule has 2 N–H and O–H groups in total. The lowest BCUT2D eigenvalue weighted by Gasteiger charge is -2.07. The molecule has 5 heteroatoms. The minimum absolute atomic E-state index is 0.264. The van der Waals surface area contributed by atoms with Crippen LogP contribution in [0.15, 0.2) is 78.9 Å².